The van der Waals surface area contributed by atoms with Crippen LogP contribution in [-0.4, -0.2) is 11.8 Å². The molecule has 2 nitrogen and oxygen atoms in total. The van der Waals surface area contributed by atoms with E-state index in [4.69, 9.17) is 11.6 Å². The van der Waals surface area contributed by atoms with Gasteiger partial charge in [-0.3, -0.25) is 4.79 Å². The van der Waals surface area contributed by atoms with E-state index in [0.29, 0.717) is 12.3 Å². The van der Waals surface area contributed by atoms with Crippen LogP contribution in [0.4, 0.5) is 5.69 Å². The zero-order chi connectivity index (χ0) is 10.1. The molecular weight excluding hydrogens is 198 g/mol. The fourth-order valence-corrected chi connectivity index (χ4v) is 2.01. The SMILES string of the molecule is Cc1cc2c(cc1CCCl)CC(=O)N2. The van der Waals surface area contributed by atoms with Crippen molar-refractivity contribution in [3.8, 4) is 0 Å². The summed E-state index contributed by atoms with van der Waals surface area (Å²) in [5.41, 5.74) is 4.51. The van der Waals surface area contributed by atoms with Crippen LogP contribution in [0.2, 0.25) is 0 Å². The average molecular weight is 210 g/mol. The van der Waals surface area contributed by atoms with Crippen LogP contribution < -0.4 is 5.32 Å². The molecule has 3 heteroatoms. The van der Waals surface area contributed by atoms with Crippen LogP contribution in [0.25, 0.3) is 0 Å². The fraction of sp³-hybridized carbons (Fsp3) is 0.364. The molecule has 0 aliphatic carbocycles. The first-order chi connectivity index (χ1) is 6.70. The molecule has 1 aliphatic rings. The first-order valence-corrected chi connectivity index (χ1v) is 5.22. The van der Waals surface area contributed by atoms with Gasteiger partial charge in [-0.2, -0.15) is 0 Å². The summed E-state index contributed by atoms with van der Waals surface area (Å²) >= 11 is 5.71. The Kier molecular flexibility index (Phi) is 2.46. The molecule has 1 N–H and O–H groups in total. The highest BCUT2D eigenvalue weighted by atomic mass is 35.5. The number of anilines is 1. The fourth-order valence-electron chi connectivity index (χ4n) is 1.80. The highest BCUT2D eigenvalue weighted by molar-refractivity contribution is 6.18. The molecule has 1 heterocycles. The summed E-state index contributed by atoms with van der Waals surface area (Å²) in [6, 6.07) is 4.12. The topological polar surface area (TPSA) is 29.1 Å². The van der Waals surface area contributed by atoms with E-state index in [2.05, 4.69) is 11.4 Å². The Morgan fingerprint density at radius 2 is 2.29 bits per heavy atom. The van der Waals surface area contributed by atoms with Gasteiger partial charge in [-0.25, -0.2) is 0 Å². The lowest BCUT2D eigenvalue weighted by Crippen LogP contribution is -2.03. The molecule has 0 radical (unpaired) electrons. The second-order valence-corrected chi connectivity index (χ2v) is 3.98. The van der Waals surface area contributed by atoms with E-state index in [1.54, 1.807) is 0 Å². The molecule has 1 aromatic rings. The van der Waals surface area contributed by atoms with Gasteiger partial charge in [-0.05, 0) is 36.1 Å². The van der Waals surface area contributed by atoms with Crippen molar-refractivity contribution in [3.05, 3.63) is 28.8 Å². The van der Waals surface area contributed by atoms with Gasteiger partial charge in [0.2, 0.25) is 5.91 Å². The zero-order valence-electron chi connectivity index (χ0n) is 8.06. The first kappa shape index (κ1) is 9.53. The van der Waals surface area contributed by atoms with Gasteiger partial charge >= 0.3 is 0 Å². The molecule has 0 saturated carbocycles. The Hall–Kier alpha value is -1.02. The van der Waals surface area contributed by atoms with Gasteiger partial charge < -0.3 is 5.32 Å². The Labute approximate surface area is 88.3 Å². The van der Waals surface area contributed by atoms with Gasteiger partial charge in [0.25, 0.3) is 0 Å². The van der Waals surface area contributed by atoms with Crippen molar-refractivity contribution in [2.75, 3.05) is 11.2 Å². The summed E-state index contributed by atoms with van der Waals surface area (Å²) in [6.07, 6.45) is 1.37. The van der Waals surface area contributed by atoms with Gasteiger partial charge in [-0.1, -0.05) is 6.07 Å². The van der Waals surface area contributed by atoms with Gasteiger partial charge in [0.15, 0.2) is 0 Å². The molecule has 0 saturated heterocycles. The highest BCUT2D eigenvalue weighted by Crippen LogP contribution is 2.26. The van der Waals surface area contributed by atoms with Crippen LogP contribution >= 0.6 is 11.6 Å². The number of carbonyl (C=O) groups is 1. The summed E-state index contributed by atoms with van der Waals surface area (Å²) in [6.45, 7) is 2.05. The largest absolute Gasteiger partial charge is 0.326 e. The smallest absolute Gasteiger partial charge is 0.228 e. The highest BCUT2D eigenvalue weighted by Gasteiger charge is 2.18. The quantitative estimate of drug-likeness (QED) is 0.744. The Bertz CT molecular complexity index is 387. The van der Waals surface area contributed by atoms with Gasteiger partial charge in [0.1, 0.15) is 0 Å². The van der Waals surface area contributed by atoms with Gasteiger partial charge in [0, 0.05) is 11.6 Å². The van der Waals surface area contributed by atoms with E-state index in [9.17, 15) is 4.79 Å². The second-order valence-electron chi connectivity index (χ2n) is 3.60. The maximum Gasteiger partial charge on any atom is 0.228 e. The summed E-state index contributed by atoms with van der Waals surface area (Å²) in [5.74, 6) is 0.712. The van der Waals surface area contributed by atoms with Crippen LogP contribution in [0, 0.1) is 6.92 Å². The van der Waals surface area contributed by atoms with Crippen LogP contribution in [-0.2, 0) is 17.6 Å². The summed E-state index contributed by atoms with van der Waals surface area (Å²) in [4.78, 5) is 11.1. The number of amides is 1. The molecule has 0 bridgehead atoms. The third-order valence-corrected chi connectivity index (χ3v) is 2.74. The Morgan fingerprint density at radius 1 is 1.50 bits per heavy atom. The van der Waals surface area contributed by atoms with Crippen molar-refractivity contribution < 1.29 is 4.79 Å². The number of hydrogen-bond acceptors (Lipinski definition) is 1. The van der Waals surface area contributed by atoms with Crippen molar-refractivity contribution >= 4 is 23.2 Å². The molecular formula is C11H12ClNO. The number of benzene rings is 1. The lowest BCUT2D eigenvalue weighted by molar-refractivity contribution is -0.115. The molecule has 14 heavy (non-hydrogen) atoms. The number of rotatable bonds is 2. The van der Waals surface area contributed by atoms with E-state index < -0.39 is 0 Å². The average Bonchev–Trinajstić information content (AvgIpc) is 2.45. The summed E-state index contributed by atoms with van der Waals surface area (Å²) in [7, 11) is 0. The van der Waals surface area contributed by atoms with Gasteiger partial charge in [0.05, 0.1) is 6.42 Å². The predicted molar refractivity (Wildman–Crippen MR) is 57.9 cm³/mol. The first-order valence-electron chi connectivity index (χ1n) is 4.69. The Morgan fingerprint density at radius 3 is 3.00 bits per heavy atom. The molecule has 1 amide bonds. The van der Waals surface area contributed by atoms with Gasteiger partial charge in [-0.15, -0.1) is 11.6 Å². The predicted octanol–water partition coefficient (Wildman–Crippen LogP) is 2.27. The minimum atomic E-state index is 0.0856. The second kappa shape index (κ2) is 3.62. The molecule has 0 spiro atoms. The monoisotopic (exact) mass is 209 g/mol. The van der Waals surface area contributed by atoms with E-state index in [1.807, 2.05) is 13.0 Å². The third kappa shape index (κ3) is 1.62. The standard InChI is InChI=1S/C11H12ClNO/c1-7-4-10-9(6-11(14)13-10)5-8(7)2-3-12/h4-5H,2-3,6H2,1H3,(H,13,14). The van der Waals surface area contributed by atoms with Crippen molar-refractivity contribution in [1.29, 1.82) is 0 Å². The minimum Gasteiger partial charge on any atom is -0.326 e. The number of halogens is 1. The molecule has 0 aromatic heterocycles. The normalized spacial score (nSPS) is 14.0. The number of aryl methyl sites for hydroxylation is 2. The molecule has 1 aromatic carbocycles. The third-order valence-electron chi connectivity index (χ3n) is 2.55. The molecule has 0 atom stereocenters. The lowest BCUT2D eigenvalue weighted by atomic mass is 10.0. The minimum absolute atomic E-state index is 0.0856. The van der Waals surface area contributed by atoms with Crippen LogP contribution in [0.5, 0.6) is 0 Å². The van der Waals surface area contributed by atoms with Crippen LogP contribution in [0.3, 0.4) is 0 Å². The number of nitrogens with one attached hydrogen (secondary N) is 1. The maximum atomic E-state index is 11.1. The summed E-state index contributed by atoms with van der Waals surface area (Å²) < 4.78 is 0. The maximum absolute atomic E-state index is 11.1. The van der Waals surface area contributed by atoms with E-state index in [1.165, 1.54) is 11.1 Å². The summed E-state index contributed by atoms with van der Waals surface area (Å²) in [5, 5.41) is 2.84. The van der Waals surface area contributed by atoms with Crippen molar-refractivity contribution in [3.63, 3.8) is 0 Å². The lowest BCUT2D eigenvalue weighted by Gasteiger charge is -2.06. The number of fused-ring (bicyclic) bond motifs is 1. The number of hydrogen-bond donors (Lipinski definition) is 1. The molecule has 1 aliphatic heterocycles. The Balaban J connectivity index is 2.39. The molecule has 74 valence electrons. The van der Waals surface area contributed by atoms with E-state index in [0.717, 1.165) is 17.7 Å². The number of alkyl halides is 1. The van der Waals surface area contributed by atoms with E-state index in [-0.39, 0.29) is 5.91 Å². The van der Waals surface area contributed by atoms with Crippen LogP contribution in [0.15, 0.2) is 12.1 Å². The molecule has 0 fully saturated rings. The molecule has 0 unspecified atom stereocenters. The zero-order valence-corrected chi connectivity index (χ0v) is 8.82. The van der Waals surface area contributed by atoms with Crippen molar-refractivity contribution in [2.24, 2.45) is 0 Å². The van der Waals surface area contributed by atoms with Crippen molar-refractivity contribution in [2.45, 2.75) is 19.8 Å². The van der Waals surface area contributed by atoms with Crippen molar-refractivity contribution in [1.82, 2.24) is 0 Å². The van der Waals surface area contributed by atoms with E-state index >= 15 is 0 Å². The van der Waals surface area contributed by atoms with Crippen LogP contribution in [0.1, 0.15) is 16.7 Å². The number of carbonyl (C=O) groups excluding carboxylic acids is 1. The molecule has 2 rings (SSSR count).